The molecule has 1 aromatic carbocycles. The molecule has 1 amide bonds. The number of carbonyl (C=O) groups excluding carboxylic acids is 1. The predicted molar refractivity (Wildman–Crippen MR) is 112 cm³/mol. The van der Waals surface area contributed by atoms with Crippen molar-refractivity contribution < 1.29 is 19.4 Å². The number of aliphatic hydroxyl groups is 1. The number of ether oxygens (including phenoxy) is 2. The lowest BCUT2D eigenvalue weighted by molar-refractivity contribution is -0.0228. The predicted octanol–water partition coefficient (Wildman–Crippen LogP) is 1.87. The Hall–Kier alpha value is -2.48. The molecule has 1 saturated carbocycles. The molecule has 1 saturated heterocycles. The number of likely N-dealkylation sites (tertiary alicyclic amines) is 1. The first-order valence-corrected chi connectivity index (χ1v) is 10.5. The Morgan fingerprint density at radius 3 is 2.60 bits per heavy atom. The maximum absolute atomic E-state index is 12.8. The fourth-order valence-electron chi connectivity index (χ4n) is 4.56. The van der Waals surface area contributed by atoms with Gasteiger partial charge in [0, 0.05) is 38.4 Å². The highest BCUT2D eigenvalue weighted by Crippen LogP contribution is 2.31. The Morgan fingerprint density at radius 1 is 1.17 bits per heavy atom. The Kier molecular flexibility index (Phi) is 6.62. The summed E-state index contributed by atoms with van der Waals surface area (Å²) in [7, 11) is 1.74. The summed E-state index contributed by atoms with van der Waals surface area (Å²) in [5.41, 5.74) is 0.612. The van der Waals surface area contributed by atoms with Crippen LogP contribution in [0, 0.1) is 0 Å². The van der Waals surface area contributed by atoms with E-state index >= 15 is 0 Å². The van der Waals surface area contributed by atoms with Crippen LogP contribution in [0.1, 0.15) is 29.6 Å². The number of methoxy groups -OCH3 is 1. The van der Waals surface area contributed by atoms with Gasteiger partial charge < -0.3 is 19.9 Å². The Labute approximate surface area is 177 Å². The molecule has 2 aromatic rings. The second-order valence-electron chi connectivity index (χ2n) is 7.98. The molecule has 2 fully saturated rings. The molecule has 0 bridgehead atoms. The number of aromatic nitrogens is 1. The lowest BCUT2D eigenvalue weighted by Crippen LogP contribution is -2.56. The molecule has 2 N–H and O–H groups in total. The van der Waals surface area contributed by atoms with Crippen molar-refractivity contribution >= 4 is 5.91 Å². The summed E-state index contributed by atoms with van der Waals surface area (Å²) in [5, 5.41) is 14.3. The first-order valence-electron chi connectivity index (χ1n) is 10.5. The van der Waals surface area contributed by atoms with Crippen molar-refractivity contribution in [3.63, 3.8) is 0 Å². The normalized spacial score (nSPS) is 27.7. The van der Waals surface area contributed by atoms with E-state index in [9.17, 15) is 9.90 Å². The maximum atomic E-state index is 12.8. The van der Waals surface area contributed by atoms with Crippen LogP contribution in [0.3, 0.4) is 0 Å². The number of aliphatic hydroxyl groups excluding tert-OH is 1. The van der Waals surface area contributed by atoms with Gasteiger partial charge in [-0.1, -0.05) is 18.2 Å². The van der Waals surface area contributed by atoms with Crippen molar-refractivity contribution in [3.05, 3.63) is 60.4 Å². The zero-order chi connectivity index (χ0) is 20.9. The van der Waals surface area contributed by atoms with Crippen LogP contribution in [0.4, 0.5) is 0 Å². The number of hydrogen-bond donors (Lipinski definition) is 2. The van der Waals surface area contributed by atoms with E-state index in [0.717, 1.165) is 25.9 Å². The van der Waals surface area contributed by atoms with Crippen molar-refractivity contribution in [1.82, 2.24) is 15.2 Å². The molecule has 4 rings (SSSR count). The van der Waals surface area contributed by atoms with Crippen LogP contribution in [0.15, 0.2) is 54.9 Å². The van der Waals surface area contributed by atoms with Gasteiger partial charge in [0.15, 0.2) is 0 Å². The quantitative estimate of drug-likeness (QED) is 0.755. The summed E-state index contributed by atoms with van der Waals surface area (Å²) in [5.74, 6) is 0.486. The standard InChI is InChI=1S/C23H29N3O4/c1-29-17-9-12-26(13-10-17)21-19(25-23(28)16-6-3-2-4-7-16)14-20(22(21)27)30-18-8-5-11-24-15-18/h2-8,11,15,17,19-22,27H,9-10,12-14H2,1H3,(H,25,28)/t19-,20-,21+,22+/m1/s1. The molecule has 1 aromatic heterocycles. The Morgan fingerprint density at radius 2 is 1.93 bits per heavy atom. The molecule has 4 atom stereocenters. The van der Waals surface area contributed by atoms with Gasteiger partial charge in [0.05, 0.1) is 24.4 Å². The van der Waals surface area contributed by atoms with Gasteiger partial charge in [-0.25, -0.2) is 0 Å². The van der Waals surface area contributed by atoms with Gasteiger partial charge in [-0.05, 0) is 37.1 Å². The van der Waals surface area contributed by atoms with Crippen molar-refractivity contribution in [2.45, 2.75) is 49.7 Å². The lowest BCUT2D eigenvalue weighted by Gasteiger charge is -2.39. The van der Waals surface area contributed by atoms with E-state index in [0.29, 0.717) is 17.7 Å². The van der Waals surface area contributed by atoms with Crippen molar-refractivity contribution in [2.75, 3.05) is 20.2 Å². The molecular formula is C23H29N3O4. The number of benzene rings is 1. The fraction of sp³-hybridized carbons (Fsp3) is 0.478. The SMILES string of the molecule is COC1CCN([C@@H]2[C@@H](O)[C@H](Oc3cccnc3)C[C@H]2NC(=O)c2ccccc2)CC1. The number of rotatable bonds is 6. The van der Waals surface area contributed by atoms with Gasteiger partial charge in [0.2, 0.25) is 0 Å². The van der Waals surface area contributed by atoms with Crippen LogP contribution in [0.2, 0.25) is 0 Å². The number of piperidine rings is 1. The summed E-state index contributed by atoms with van der Waals surface area (Å²) in [6.45, 7) is 1.63. The summed E-state index contributed by atoms with van der Waals surface area (Å²) in [4.78, 5) is 19.2. The highest BCUT2D eigenvalue weighted by molar-refractivity contribution is 5.94. The highest BCUT2D eigenvalue weighted by atomic mass is 16.5. The number of carbonyl (C=O) groups is 1. The van der Waals surface area contributed by atoms with Crippen LogP contribution in [-0.4, -0.2) is 71.5 Å². The van der Waals surface area contributed by atoms with E-state index in [2.05, 4.69) is 15.2 Å². The van der Waals surface area contributed by atoms with Gasteiger partial charge in [0.1, 0.15) is 18.0 Å². The molecule has 0 radical (unpaired) electrons. The summed E-state index contributed by atoms with van der Waals surface area (Å²) < 4.78 is 11.5. The minimum Gasteiger partial charge on any atom is -0.486 e. The number of pyridine rings is 1. The molecule has 160 valence electrons. The molecule has 1 aliphatic carbocycles. The van der Waals surface area contributed by atoms with E-state index < -0.39 is 12.2 Å². The van der Waals surface area contributed by atoms with Crippen LogP contribution in [0.25, 0.3) is 0 Å². The summed E-state index contributed by atoms with van der Waals surface area (Å²) in [6.07, 6.45) is 4.79. The average Bonchev–Trinajstić information content (AvgIpc) is 3.09. The maximum Gasteiger partial charge on any atom is 0.251 e. The molecule has 30 heavy (non-hydrogen) atoms. The average molecular weight is 412 g/mol. The highest BCUT2D eigenvalue weighted by Gasteiger charge is 2.48. The second-order valence-corrected chi connectivity index (χ2v) is 7.98. The topological polar surface area (TPSA) is 83.9 Å². The number of amides is 1. The largest absolute Gasteiger partial charge is 0.486 e. The summed E-state index contributed by atoms with van der Waals surface area (Å²) >= 11 is 0. The number of nitrogens with one attached hydrogen (secondary N) is 1. The Bertz CT molecular complexity index is 812. The van der Waals surface area contributed by atoms with Crippen molar-refractivity contribution in [3.8, 4) is 5.75 Å². The van der Waals surface area contributed by atoms with Crippen molar-refractivity contribution in [1.29, 1.82) is 0 Å². The molecular weight excluding hydrogens is 382 g/mol. The van der Waals surface area contributed by atoms with E-state index in [1.54, 1.807) is 37.7 Å². The molecule has 0 unspecified atom stereocenters. The monoisotopic (exact) mass is 411 g/mol. The first kappa shape index (κ1) is 20.8. The molecule has 2 heterocycles. The van der Waals surface area contributed by atoms with Gasteiger partial charge >= 0.3 is 0 Å². The summed E-state index contributed by atoms with van der Waals surface area (Å²) in [6, 6.07) is 12.4. The molecule has 1 aliphatic heterocycles. The van der Waals surface area contributed by atoms with Gasteiger partial charge in [0.25, 0.3) is 5.91 Å². The third-order valence-electron chi connectivity index (χ3n) is 6.14. The van der Waals surface area contributed by atoms with E-state index in [-0.39, 0.29) is 24.1 Å². The first-order chi connectivity index (χ1) is 14.7. The lowest BCUT2D eigenvalue weighted by atomic mass is 10.0. The van der Waals surface area contributed by atoms with Crippen molar-refractivity contribution in [2.24, 2.45) is 0 Å². The third kappa shape index (κ3) is 4.64. The van der Waals surface area contributed by atoms with Crippen LogP contribution < -0.4 is 10.1 Å². The minimum absolute atomic E-state index is 0.133. The number of hydrogen-bond acceptors (Lipinski definition) is 6. The third-order valence-corrected chi connectivity index (χ3v) is 6.14. The Balaban J connectivity index is 1.51. The van der Waals surface area contributed by atoms with Crippen LogP contribution >= 0.6 is 0 Å². The van der Waals surface area contributed by atoms with Gasteiger partial charge in [-0.3, -0.25) is 14.7 Å². The fourth-order valence-corrected chi connectivity index (χ4v) is 4.56. The molecule has 7 nitrogen and oxygen atoms in total. The minimum atomic E-state index is -0.717. The zero-order valence-corrected chi connectivity index (χ0v) is 17.2. The molecule has 7 heteroatoms. The van der Waals surface area contributed by atoms with Crippen LogP contribution in [0.5, 0.6) is 5.75 Å². The zero-order valence-electron chi connectivity index (χ0n) is 17.2. The van der Waals surface area contributed by atoms with E-state index in [1.807, 2.05) is 24.3 Å². The second kappa shape index (κ2) is 9.55. The number of nitrogens with zero attached hydrogens (tertiary/aromatic N) is 2. The van der Waals surface area contributed by atoms with Crippen LogP contribution in [-0.2, 0) is 4.74 Å². The van der Waals surface area contributed by atoms with Gasteiger partial charge in [-0.15, -0.1) is 0 Å². The van der Waals surface area contributed by atoms with Gasteiger partial charge in [-0.2, -0.15) is 0 Å². The van der Waals surface area contributed by atoms with E-state index in [1.165, 1.54) is 0 Å². The van der Waals surface area contributed by atoms with E-state index in [4.69, 9.17) is 9.47 Å². The molecule has 0 spiro atoms. The smallest absolute Gasteiger partial charge is 0.251 e. The molecule has 2 aliphatic rings.